The summed E-state index contributed by atoms with van der Waals surface area (Å²) in [7, 11) is 0. The second-order valence-electron chi connectivity index (χ2n) is 6.85. The molecule has 1 saturated heterocycles. The van der Waals surface area contributed by atoms with Gasteiger partial charge in [-0.15, -0.1) is 10.2 Å². The molecule has 4 heterocycles. The Morgan fingerprint density at radius 2 is 1.75 bits per heavy atom. The van der Waals surface area contributed by atoms with Crippen LogP contribution >= 0.6 is 0 Å². The maximum absolute atomic E-state index is 12.4. The predicted octanol–water partition coefficient (Wildman–Crippen LogP) is 2.07. The zero-order chi connectivity index (χ0) is 19.3. The molecule has 0 aliphatic carbocycles. The number of carbonyl (C=O) groups is 1. The van der Waals surface area contributed by atoms with Gasteiger partial charge in [-0.2, -0.15) is 0 Å². The Morgan fingerprint density at radius 1 is 1.00 bits per heavy atom. The van der Waals surface area contributed by atoms with E-state index >= 15 is 0 Å². The minimum absolute atomic E-state index is 0.145. The Balaban J connectivity index is 1.30. The van der Waals surface area contributed by atoms with Gasteiger partial charge in [-0.25, -0.2) is 4.98 Å². The van der Waals surface area contributed by atoms with Crippen LogP contribution in [0.2, 0.25) is 0 Å². The predicted molar refractivity (Wildman–Crippen MR) is 108 cm³/mol. The highest BCUT2D eigenvalue weighted by molar-refractivity contribution is 5.76. The average Bonchev–Trinajstić information content (AvgIpc) is 3.23. The fourth-order valence-corrected chi connectivity index (χ4v) is 3.15. The smallest absolute Gasteiger partial charge is 0.242 e. The Labute approximate surface area is 163 Å². The zero-order valence-corrected chi connectivity index (χ0v) is 15.8. The third-order valence-corrected chi connectivity index (χ3v) is 4.76. The van der Waals surface area contributed by atoms with E-state index in [1.807, 2.05) is 65.2 Å². The van der Waals surface area contributed by atoms with Gasteiger partial charge >= 0.3 is 0 Å². The molecule has 0 spiro atoms. The quantitative estimate of drug-likeness (QED) is 0.733. The molecular formula is C20H23N7O. The standard InChI is InChI=1S/C20H23N7O/c1-16-4-5-17(21-14-16)22-18-6-7-19(24-23-18)26-10-12-27(13-11-26)20(28)15-25-8-2-3-9-25/h2-9,14H,10-13,15H2,1H3,(H,21,22,23). The van der Waals surface area contributed by atoms with E-state index in [4.69, 9.17) is 0 Å². The highest BCUT2D eigenvalue weighted by Crippen LogP contribution is 2.17. The second-order valence-corrected chi connectivity index (χ2v) is 6.85. The number of amides is 1. The number of nitrogens with one attached hydrogen (secondary N) is 1. The van der Waals surface area contributed by atoms with Crippen LogP contribution in [0.3, 0.4) is 0 Å². The van der Waals surface area contributed by atoms with Gasteiger partial charge in [0.05, 0.1) is 0 Å². The molecule has 0 bridgehead atoms. The van der Waals surface area contributed by atoms with E-state index in [1.165, 1.54) is 0 Å². The van der Waals surface area contributed by atoms with E-state index in [0.717, 1.165) is 30.3 Å². The van der Waals surface area contributed by atoms with Crippen LogP contribution in [-0.2, 0) is 11.3 Å². The lowest BCUT2D eigenvalue weighted by atomic mass is 10.3. The van der Waals surface area contributed by atoms with Crippen molar-refractivity contribution < 1.29 is 4.79 Å². The molecule has 1 aliphatic heterocycles. The maximum Gasteiger partial charge on any atom is 0.242 e. The summed E-state index contributed by atoms with van der Waals surface area (Å²) in [6.07, 6.45) is 5.62. The van der Waals surface area contributed by atoms with E-state index in [0.29, 0.717) is 25.5 Å². The van der Waals surface area contributed by atoms with Crippen molar-refractivity contribution in [1.29, 1.82) is 0 Å². The van der Waals surface area contributed by atoms with Crippen molar-refractivity contribution in [2.24, 2.45) is 0 Å². The third kappa shape index (κ3) is 4.28. The molecule has 4 rings (SSSR count). The highest BCUT2D eigenvalue weighted by atomic mass is 16.2. The molecule has 1 fully saturated rings. The van der Waals surface area contributed by atoms with Gasteiger partial charge in [0, 0.05) is 44.8 Å². The van der Waals surface area contributed by atoms with Crippen molar-refractivity contribution in [3.05, 3.63) is 60.6 Å². The zero-order valence-electron chi connectivity index (χ0n) is 15.8. The number of piperazine rings is 1. The van der Waals surface area contributed by atoms with Crippen LogP contribution in [-0.4, -0.2) is 56.7 Å². The number of hydrogen-bond donors (Lipinski definition) is 1. The van der Waals surface area contributed by atoms with Crippen LogP contribution < -0.4 is 10.2 Å². The van der Waals surface area contributed by atoms with E-state index in [9.17, 15) is 4.79 Å². The first-order chi connectivity index (χ1) is 13.7. The van der Waals surface area contributed by atoms with Gasteiger partial charge in [-0.05, 0) is 42.8 Å². The van der Waals surface area contributed by atoms with Crippen LogP contribution in [0.5, 0.6) is 0 Å². The third-order valence-electron chi connectivity index (χ3n) is 4.76. The Kier molecular flexibility index (Phi) is 5.18. The van der Waals surface area contributed by atoms with E-state index < -0.39 is 0 Å². The molecule has 28 heavy (non-hydrogen) atoms. The van der Waals surface area contributed by atoms with Crippen LogP contribution in [0.15, 0.2) is 55.0 Å². The first-order valence-electron chi connectivity index (χ1n) is 9.34. The number of nitrogens with zero attached hydrogens (tertiary/aromatic N) is 6. The topological polar surface area (TPSA) is 79.2 Å². The fourth-order valence-electron chi connectivity index (χ4n) is 3.15. The van der Waals surface area contributed by atoms with Gasteiger partial charge in [-0.1, -0.05) is 6.07 Å². The van der Waals surface area contributed by atoms with Crippen molar-refractivity contribution in [2.75, 3.05) is 36.4 Å². The molecule has 0 radical (unpaired) electrons. The summed E-state index contributed by atoms with van der Waals surface area (Å²) >= 11 is 0. The maximum atomic E-state index is 12.4. The lowest BCUT2D eigenvalue weighted by Crippen LogP contribution is -2.49. The van der Waals surface area contributed by atoms with Gasteiger partial charge in [0.2, 0.25) is 5.91 Å². The monoisotopic (exact) mass is 377 g/mol. The number of pyridine rings is 1. The molecule has 1 N–H and O–H groups in total. The summed E-state index contributed by atoms with van der Waals surface area (Å²) in [6, 6.07) is 11.6. The minimum Gasteiger partial charge on any atom is -0.352 e. The highest BCUT2D eigenvalue weighted by Gasteiger charge is 2.22. The van der Waals surface area contributed by atoms with Gasteiger partial charge in [0.1, 0.15) is 12.4 Å². The van der Waals surface area contributed by atoms with Crippen LogP contribution in [0, 0.1) is 6.92 Å². The molecule has 144 valence electrons. The van der Waals surface area contributed by atoms with Gasteiger partial charge < -0.3 is 19.7 Å². The van der Waals surface area contributed by atoms with Crippen molar-refractivity contribution >= 4 is 23.4 Å². The number of aryl methyl sites for hydroxylation is 1. The molecule has 3 aromatic heterocycles. The van der Waals surface area contributed by atoms with Crippen LogP contribution in [0.25, 0.3) is 0 Å². The van der Waals surface area contributed by atoms with Gasteiger partial charge in [0.25, 0.3) is 0 Å². The van der Waals surface area contributed by atoms with E-state index in [-0.39, 0.29) is 5.91 Å². The molecule has 0 aromatic carbocycles. The summed E-state index contributed by atoms with van der Waals surface area (Å²) in [5, 5.41) is 11.7. The van der Waals surface area contributed by atoms with Crippen molar-refractivity contribution in [1.82, 2.24) is 24.6 Å². The van der Waals surface area contributed by atoms with Crippen molar-refractivity contribution in [3.63, 3.8) is 0 Å². The average molecular weight is 377 g/mol. The van der Waals surface area contributed by atoms with E-state index in [1.54, 1.807) is 6.20 Å². The molecular weight excluding hydrogens is 354 g/mol. The molecule has 1 amide bonds. The van der Waals surface area contributed by atoms with Crippen LogP contribution in [0.1, 0.15) is 5.56 Å². The number of aromatic nitrogens is 4. The molecule has 0 saturated carbocycles. The molecule has 8 heteroatoms. The lowest BCUT2D eigenvalue weighted by molar-refractivity contribution is -0.132. The SMILES string of the molecule is Cc1ccc(Nc2ccc(N3CCN(C(=O)Cn4cccc4)CC3)nn2)nc1. The second kappa shape index (κ2) is 8.08. The number of hydrogen-bond acceptors (Lipinski definition) is 6. The number of anilines is 3. The summed E-state index contributed by atoms with van der Waals surface area (Å²) in [4.78, 5) is 20.8. The van der Waals surface area contributed by atoms with Gasteiger partial charge in [-0.3, -0.25) is 4.79 Å². The number of rotatable bonds is 5. The normalized spacial score (nSPS) is 14.2. The van der Waals surface area contributed by atoms with Crippen molar-refractivity contribution in [2.45, 2.75) is 13.5 Å². The molecule has 3 aromatic rings. The summed E-state index contributed by atoms with van der Waals surface area (Å²) in [5.74, 6) is 2.36. The molecule has 1 aliphatic rings. The Morgan fingerprint density at radius 3 is 2.39 bits per heavy atom. The van der Waals surface area contributed by atoms with Gasteiger partial charge in [0.15, 0.2) is 11.6 Å². The van der Waals surface area contributed by atoms with Crippen LogP contribution in [0.4, 0.5) is 17.5 Å². The van der Waals surface area contributed by atoms with E-state index in [2.05, 4.69) is 25.4 Å². The number of carbonyl (C=O) groups excluding carboxylic acids is 1. The Bertz CT molecular complexity index is 899. The summed E-state index contributed by atoms with van der Waals surface area (Å²) in [5.41, 5.74) is 1.11. The Hall–Kier alpha value is -3.42. The largest absolute Gasteiger partial charge is 0.352 e. The first-order valence-corrected chi connectivity index (χ1v) is 9.34. The lowest BCUT2D eigenvalue weighted by Gasteiger charge is -2.35. The first kappa shape index (κ1) is 18.0. The molecule has 0 atom stereocenters. The minimum atomic E-state index is 0.145. The molecule has 0 unspecified atom stereocenters. The fraction of sp³-hybridized carbons (Fsp3) is 0.300. The molecule has 8 nitrogen and oxygen atoms in total. The summed E-state index contributed by atoms with van der Waals surface area (Å²) in [6.45, 7) is 5.26. The van der Waals surface area contributed by atoms with Crippen molar-refractivity contribution in [3.8, 4) is 0 Å². The summed E-state index contributed by atoms with van der Waals surface area (Å²) < 4.78 is 1.90.